The highest BCUT2D eigenvalue weighted by atomic mass is 16.6. The maximum absolute atomic E-state index is 10.6. The monoisotopic (exact) mass is 256 g/mol. The third-order valence-corrected chi connectivity index (χ3v) is 2.74. The van der Waals surface area contributed by atoms with Crippen LogP contribution < -0.4 is 0 Å². The summed E-state index contributed by atoms with van der Waals surface area (Å²) >= 11 is 0. The van der Waals surface area contributed by atoms with Crippen molar-refractivity contribution in [2.45, 2.75) is 0 Å². The van der Waals surface area contributed by atoms with Crippen molar-refractivity contribution in [2.75, 3.05) is 0 Å². The van der Waals surface area contributed by atoms with Crippen LogP contribution in [0.25, 0.3) is 17.0 Å². The zero-order valence-corrected chi connectivity index (χ0v) is 9.59. The molecule has 0 aliphatic carbocycles. The molecule has 1 aromatic carbocycles. The van der Waals surface area contributed by atoms with Gasteiger partial charge in [0.05, 0.1) is 4.92 Å². The first-order chi connectivity index (χ1) is 9.16. The molecule has 0 amide bonds. The van der Waals surface area contributed by atoms with E-state index < -0.39 is 4.92 Å². The Labute approximate surface area is 106 Å². The number of nitro benzene ring substituents is 1. The van der Waals surface area contributed by atoms with Crippen LogP contribution in [0.15, 0.2) is 42.7 Å². The Morgan fingerprint density at radius 3 is 2.68 bits per heavy atom. The highest BCUT2D eigenvalue weighted by Crippen LogP contribution is 2.30. The largest absolute Gasteiger partial charge is 0.492 e. The third-order valence-electron chi connectivity index (χ3n) is 2.74. The summed E-state index contributed by atoms with van der Waals surface area (Å²) in [5, 5.41) is 20.5. The predicted octanol–water partition coefficient (Wildman–Crippen LogP) is 2.01. The number of rotatable bonds is 2. The molecule has 2 aromatic heterocycles. The van der Waals surface area contributed by atoms with Gasteiger partial charge in [-0.2, -0.15) is 4.98 Å². The van der Waals surface area contributed by atoms with E-state index in [2.05, 4.69) is 9.97 Å². The van der Waals surface area contributed by atoms with Crippen LogP contribution in [0.2, 0.25) is 0 Å². The molecular formula is C12H8N4O3. The van der Waals surface area contributed by atoms with Crippen molar-refractivity contribution >= 4 is 11.5 Å². The van der Waals surface area contributed by atoms with Gasteiger partial charge in [-0.3, -0.25) is 14.5 Å². The third kappa shape index (κ3) is 1.77. The van der Waals surface area contributed by atoms with Gasteiger partial charge >= 0.3 is 0 Å². The topological polar surface area (TPSA) is 93.6 Å². The van der Waals surface area contributed by atoms with Crippen LogP contribution in [-0.2, 0) is 0 Å². The summed E-state index contributed by atoms with van der Waals surface area (Å²) in [5.74, 6) is 0.209. The summed E-state index contributed by atoms with van der Waals surface area (Å²) in [7, 11) is 0. The van der Waals surface area contributed by atoms with E-state index in [-0.39, 0.29) is 11.6 Å². The first kappa shape index (κ1) is 11.1. The number of non-ortho nitro benzene ring substituents is 1. The Bertz CT molecular complexity index is 764. The first-order valence-electron chi connectivity index (χ1n) is 5.43. The van der Waals surface area contributed by atoms with Crippen LogP contribution in [0.1, 0.15) is 0 Å². The second kappa shape index (κ2) is 4.05. The van der Waals surface area contributed by atoms with E-state index >= 15 is 0 Å². The molecule has 0 bridgehead atoms. The molecule has 3 rings (SSSR count). The highest BCUT2D eigenvalue weighted by Gasteiger charge is 2.14. The first-order valence-corrected chi connectivity index (χ1v) is 5.43. The van der Waals surface area contributed by atoms with Gasteiger partial charge in [0.15, 0.2) is 0 Å². The fraction of sp³-hybridized carbons (Fsp3) is 0. The number of aromatic nitrogens is 3. The van der Waals surface area contributed by atoms with E-state index in [1.165, 1.54) is 12.1 Å². The van der Waals surface area contributed by atoms with Gasteiger partial charge in [-0.25, -0.2) is 4.98 Å². The van der Waals surface area contributed by atoms with Gasteiger partial charge in [-0.05, 0) is 18.2 Å². The molecule has 7 heteroatoms. The quantitative estimate of drug-likeness (QED) is 0.559. The lowest BCUT2D eigenvalue weighted by molar-refractivity contribution is -0.384. The summed E-state index contributed by atoms with van der Waals surface area (Å²) in [6.07, 6.45) is 3.28. The number of hydrogen-bond donors (Lipinski definition) is 1. The number of nitro groups is 1. The van der Waals surface area contributed by atoms with E-state index in [0.29, 0.717) is 17.0 Å². The highest BCUT2D eigenvalue weighted by molar-refractivity contribution is 5.69. The van der Waals surface area contributed by atoms with Crippen molar-refractivity contribution in [3.05, 3.63) is 52.8 Å². The molecule has 0 spiro atoms. The molecule has 19 heavy (non-hydrogen) atoms. The normalized spacial score (nSPS) is 10.7. The summed E-state index contributed by atoms with van der Waals surface area (Å²) in [5.41, 5.74) is 1.08. The van der Waals surface area contributed by atoms with Crippen molar-refractivity contribution in [2.24, 2.45) is 0 Å². The van der Waals surface area contributed by atoms with Crippen molar-refractivity contribution in [3.8, 4) is 17.1 Å². The summed E-state index contributed by atoms with van der Waals surface area (Å²) in [6, 6.07) is 7.60. The Kier molecular flexibility index (Phi) is 2.38. The summed E-state index contributed by atoms with van der Waals surface area (Å²) < 4.78 is 1.62. The molecule has 0 atom stereocenters. The van der Waals surface area contributed by atoms with Gasteiger partial charge < -0.3 is 5.11 Å². The molecule has 0 saturated carbocycles. The minimum atomic E-state index is -0.473. The molecule has 1 N–H and O–H groups in total. The summed E-state index contributed by atoms with van der Waals surface area (Å²) in [6.45, 7) is 0. The molecule has 94 valence electrons. The van der Waals surface area contributed by atoms with Crippen molar-refractivity contribution in [3.63, 3.8) is 0 Å². The molecule has 0 fully saturated rings. The zero-order chi connectivity index (χ0) is 13.4. The molecule has 0 aliphatic heterocycles. The Morgan fingerprint density at radius 2 is 2.00 bits per heavy atom. The van der Waals surface area contributed by atoms with Crippen molar-refractivity contribution in [1.29, 1.82) is 0 Å². The Hall–Kier alpha value is -2.96. The van der Waals surface area contributed by atoms with E-state index in [1.54, 1.807) is 35.0 Å². The maximum Gasteiger partial charge on any atom is 0.269 e. The van der Waals surface area contributed by atoms with Gasteiger partial charge in [-0.15, -0.1) is 0 Å². The van der Waals surface area contributed by atoms with Gasteiger partial charge in [0, 0.05) is 30.1 Å². The van der Waals surface area contributed by atoms with Crippen LogP contribution in [-0.4, -0.2) is 24.4 Å². The number of hydrogen-bond acceptors (Lipinski definition) is 5. The van der Waals surface area contributed by atoms with E-state index in [4.69, 9.17) is 0 Å². The molecular weight excluding hydrogens is 248 g/mol. The van der Waals surface area contributed by atoms with Crippen molar-refractivity contribution < 1.29 is 10.0 Å². The number of aromatic hydroxyl groups is 1. The standard InChI is InChI=1S/C12H8N4O3/c17-11-10(15-7-1-6-13-12(15)14-11)8-2-4-9(5-3-8)16(18)19/h1-7,17H. The van der Waals surface area contributed by atoms with E-state index in [1.807, 2.05) is 0 Å². The number of benzene rings is 1. The van der Waals surface area contributed by atoms with Gasteiger partial charge in [-0.1, -0.05) is 0 Å². The molecule has 0 aliphatic rings. The zero-order valence-electron chi connectivity index (χ0n) is 9.59. The number of imidazole rings is 1. The molecule has 0 radical (unpaired) electrons. The van der Waals surface area contributed by atoms with Gasteiger partial charge in [0.2, 0.25) is 11.7 Å². The Morgan fingerprint density at radius 1 is 1.26 bits per heavy atom. The average Bonchev–Trinajstić information content (AvgIpc) is 2.74. The van der Waals surface area contributed by atoms with E-state index in [0.717, 1.165) is 0 Å². The fourth-order valence-corrected chi connectivity index (χ4v) is 1.89. The lowest BCUT2D eigenvalue weighted by atomic mass is 10.1. The van der Waals surface area contributed by atoms with Crippen LogP contribution >= 0.6 is 0 Å². The average molecular weight is 256 g/mol. The lowest BCUT2D eigenvalue weighted by Crippen LogP contribution is -1.91. The fourth-order valence-electron chi connectivity index (χ4n) is 1.89. The second-order valence-electron chi connectivity index (χ2n) is 3.88. The number of fused-ring (bicyclic) bond motifs is 1. The smallest absolute Gasteiger partial charge is 0.269 e. The minimum absolute atomic E-state index is 0.00446. The van der Waals surface area contributed by atoms with Crippen LogP contribution in [0.4, 0.5) is 5.69 Å². The number of nitrogens with zero attached hydrogens (tertiary/aromatic N) is 4. The minimum Gasteiger partial charge on any atom is -0.492 e. The van der Waals surface area contributed by atoms with Crippen LogP contribution in [0.5, 0.6) is 5.88 Å². The molecule has 0 unspecified atom stereocenters. The Balaban J connectivity index is 2.18. The van der Waals surface area contributed by atoms with Crippen LogP contribution in [0.3, 0.4) is 0 Å². The van der Waals surface area contributed by atoms with E-state index in [9.17, 15) is 15.2 Å². The molecule has 0 saturated heterocycles. The SMILES string of the molecule is O=[N+]([O-])c1ccc(-c2c(O)nc3ncccn23)cc1. The van der Waals surface area contributed by atoms with Gasteiger partial charge in [0.25, 0.3) is 5.69 Å². The lowest BCUT2D eigenvalue weighted by Gasteiger charge is -2.01. The maximum atomic E-state index is 10.6. The molecule has 3 aromatic rings. The molecule has 7 nitrogen and oxygen atoms in total. The van der Waals surface area contributed by atoms with Gasteiger partial charge in [0.1, 0.15) is 5.69 Å². The second-order valence-corrected chi connectivity index (χ2v) is 3.88. The summed E-state index contributed by atoms with van der Waals surface area (Å²) in [4.78, 5) is 18.1. The predicted molar refractivity (Wildman–Crippen MR) is 66.7 cm³/mol. The van der Waals surface area contributed by atoms with Crippen molar-refractivity contribution in [1.82, 2.24) is 14.4 Å². The molecule has 2 heterocycles. The van der Waals surface area contributed by atoms with Crippen LogP contribution in [0, 0.1) is 10.1 Å².